The molecule has 0 N–H and O–H groups in total. The molecule has 0 unspecified atom stereocenters. The van der Waals surface area contributed by atoms with Gasteiger partial charge < -0.3 is 19.1 Å². The molecule has 0 bridgehead atoms. The van der Waals surface area contributed by atoms with Crippen LogP contribution in [0.1, 0.15) is 25.7 Å². The molecular formula is C14H25NO4. The molecule has 0 aromatic heterocycles. The van der Waals surface area contributed by atoms with Crippen LogP contribution in [0.4, 0.5) is 0 Å². The quantitative estimate of drug-likeness (QED) is 0.725. The number of carbonyl (C=O) groups excluding carboxylic acids is 1. The van der Waals surface area contributed by atoms with E-state index in [2.05, 4.69) is 0 Å². The molecule has 0 spiro atoms. The Hall–Kier alpha value is -0.650. The lowest BCUT2D eigenvalue weighted by Crippen LogP contribution is -2.55. The monoisotopic (exact) mass is 271 g/mol. The van der Waals surface area contributed by atoms with E-state index in [0.29, 0.717) is 32.9 Å². The molecule has 2 fully saturated rings. The Morgan fingerprint density at radius 2 is 2.16 bits per heavy atom. The minimum Gasteiger partial charge on any atom is -0.385 e. The first kappa shape index (κ1) is 14.8. The largest absolute Gasteiger partial charge is 0.385 e. The van der Waals surface area contributed by atoms with Crippen molar-refractivity contribution in [3.63, 3.8) is 0 Å². The van der Waals surface area contributed by atoms with Gasteiger partial charge in [-0.15, -0.1) is 0 Å². The Morgan fingerprint density at radius 1 is 1.37 bits per heavy atom. The maximum atomic E-state index is 12.7. The van der Waals surface area contributed by atoms with Crippen molar-refractivity contribution in [2.24, 2.45) is 5.41 Å². The van der Waals surface area contributed by atoms with Crippen molar-refractivity contribution >= 4 is 5.91 Å². The Balaban J connectivity index is 1.91. The second-order valence-electron chi connectivity index (χ2n) is 5.59. The van der Waals surface area contributed by atoms with E-state index in [1.165, 1.54) is 0 Å². The third kappa shape index (κ3) is 3.27. The SMILES string of the molecule is COCC[C@H]1CN(C(=O)C2(COC)CCC2)CCO1. The van der Waals surface area contributed by atoms with Crippen molar-refractivity contribution in [1.29, 1.82) is 0 Å². The fourth-order valence-electron chi connectivity index (χ4n) is 2.96. The predicted molar refractivity (Wildman–Crippen MR) is 71.0 cm³/mol. The summed E-state index contributed by atoms with van der Waals surface area (Å²) >= 11 is 0. The highest BCUT2D eigenvalue weighted by Gasteiger charge is 2.47. The van der Waals surface area contributed by atoms with Crippen LogP contribution in [0.5, 0.6) is 0 Å². The van der Waals surface area contributed by atoms with E-state index in [9.17, 15) is 4.79 Å². The highest BCUT2D eigenvalue weighted by molar-refractivity contribution is 5.84. The van der Waals surface area contributed by atoms with E-state index in [-0.39, 0.29) is 17.4 Å². The summed E-state index contributed by atoms with van der Waals surface area (Å²) in [6.45, 7) is 3.24. The molecule has 19 heavy (non-hydrogen) atoms. The smallest absolute Gasteiger partial charge is 0.231 e. The number of methoxy groups -OCH3 is 2. The summed E-state index contributed by atoms with van der Waals surface area (Å²) in [5.74, 6) is 0.256. The second kappa shape index (κ2) is 6.68. The summed E-state index contributed by atoms with van der Waals surface area (Å²) in [6.07, 6.45) is 4.00. The highest BCUT2D eigenvalue weighted by atomic mass is 16.5. The van der Waals surface area contributed by atoms with Crippen LogP contribution in [0.2, 0.25) is 0 Å². The summed E-state index contributed by atoms with van der Waals surface area (Å²) < 4.78 is 16.0. The van der Waals surface area contributed by atoms with Gasteiger partial charge in [0.1, 0.15) is 0 Å². The first-order valence-electron chi connectivity index (χ1n) is 7.11. The van der Waals surface area contributed by atoms with E-state index in [0.717, 1.165) is 25.7 Å². The molecule has 1 atom stereocenters. The van der Waals surface area contributed by atoms with Crippen LogP contribution in [0, 0.1) is 5.41 Å². The molecule has 0 radical (unpaired) electrons. The van der Waals surface area contributed by atoms with Gasteiger partial charge in [-0.05, 0) is 19.3 Å². The zero-order chi connectivity index (χ0) is 13.7. The number of hydrogen-bond acceptors (Lipinski definition) is 4. The van der Waals surface area contributed by atoms with Crippen LogP contribution in [-0.2, 0) is 19.0 Å². The van der Waals surface area contributed by atoms with Crippen LogP contribution >= 0.6 is 0 Å². The van der Waals surface area contributed by atoms with Crippen LogP contribution in [0.15, 0.2) is 0 Å². The van der Waals surface area contributed by atoms with Gasteiger partial charge >= 0.3 is 0 Å². The molecule has 110 valence electrons. The van der Waals surface area contributed by atoms with E-state index in [4.69, 9.17) is 14.2 Å². The lowest BCUT2D eigenvalue weighted by Gasteiger charge is -2.45. The zero-order valence-electron chi connectivity index (χ0n) is 12.0. The number of morpholine rings is 1. The van der Waals surface area contributed by atoms with Crippen molar-refractivity contribution in [3.05, 3.63) is 0 Å². The van der Waals surface area contributed by atoms with Crippen molar-refractivity contribution < 1.29 is 19.0 Å². The average Bonchev–Trinajstić information content (AvgIpc) is 2.40. The van der Waals surface area contributed by atoms with Gasteiger partial charge in [0.05, 0.1) is 24.7 Å². The Morgan fingerprint density at radius 3 is 2.74 bits per heavy atom. The lowest BCUT2D eigenvalue weighted by atomic mass is 9.68. The van der Waals surface area contributed by atoms with E-state index >= 15 is 0 Å². The van der Waals surface area contributed by atoms with Crippen molar-refractivity contribution in [2.75, 3.05) is 47.1 Å². The average molecular weight is 271 g/mol. The normalized spacial score (nSPS) is 26.0. The lowest BCUT2D eigenvalue weighted by molar-refractivity contribution is -0.159. The molecule has 1 heterocycles. The molecule has 5 nitrogen and oxygen atoms in total. The number of carbonyl (C=O) groups is 1. The van der Waals surface area contributed by atoms with Gasteiger partial charge in [0.2, 0.25) is 5.91 Å². The van der Waals surface area contributed by atoms with Crippen molar-refractivity contribution in [1.82, 2.24) is 4.90 Å². The molecule has 1 aliphatic carbocycles. The fourth-order valence-corrected chi connectivity index (χ4v) is 2.96. The molecule has 1 aliphatic heterocycles. The molecule has 1 saturated carbocycles. The number of hydrogen-bond donors (Lipinski definition) is 0. The summed E-state index contributed by atoms with van der Waals surface area (Å²) in [7, 11) is 3.36. The minimum absolute atomic E-state index is 0.109. The molecule has 2 aliphatic rings. The molecule has 1 saturated heterocycles. The van der Waals surface area contributed by atoms with Gasteiger partial charge in [-0.3, -0.25) is 4.79 Å². The first-order valence-corrected chi connectivity index (χ1v) is 7.11. The molecule has 1 amide bonds. The number of amides is 1. The summed E-state index contributed by atoms with van der Waals surface area (Å²) in [5.41, 5.74) is -0.252. The molecule has 0 aromatic rings. The van der Waals surface area contributed by atoms with Crippen LogP contribution in [-0.4, -0.2) is 64.0 Å². The van der Waals surface area contributed by atoms with Gasteiger partial charge in [0.15, 0.2) is 0 Å². The fraction of sp³-hybridized carbons (Fsp3) is 0.929. The van der Waals surface area contributed by atoms with Crippen LogP contribution in [0.25, 0.3) is 0 Å². The third-order valence-electron chi connectivity index (χ3n) is 4.25. The number of rotatable bonds is 6. The van der Waals surface area contributed by atoms with Gasteiger partial charge in [-0.25, -0.2) is 0 Å². The standard InChI is InChI=1S/C14H25NO4/c1-17-8-4-12-10-15(7-9-19-12)13(16)14(11-18-2)5-3-6-14/h12H,3-11H2,1-2H3/t12-/m0/s1. The first-order chi connectivity index (χ1) is 9.22. The van der Waals surface area contributed by atoms with Gasteiger partial charge in [-0.1, -0.05) is 6.42 Å². The summed E-state index contributed by atoms with van der Waals surface area (Å²) in [6, 6.07) is 0. The minimum atomic E-state index is -0.252. The van der Waals surface area contributed by atoms with E-state index in [1.807, 2.05) is 4.90 Å². The maximum absolute atomic E-state index is 12.7. The van der Waals surface area contributed by atoms with Crippen molar-refractivity contribution in [3.8, 4) is 0 Å². The Labute approximate surface area is 115 Å². The summed E-state index contributed by atoms with van der Waals surface area (Å²) in [4.78, 5) is 14.6. The zero-order valence-corrected chi connectivity index (χ0v) is 12.0. The Kier molecular flexibility index (Phi) is 5.19. The summed E-state index contributed by atoms with van der Waals surface area (Å²) in [5, 5.41) is 0. The molecule has 5 heteroatoms. The highest BCUT2D eigenvalue weighted by Crippen LogP contribution is 2.43. The Bertz CT molecular complexity index is 304. The van der Waals surface area contributed by atoms with Gasteiger partial charge in [0.25, 0.3) is 0 Å². The van der Waals surface area contributed by atoms with Gasteiger partial charge in [0, 0.05) is 33.9 Å². The van der Waals surface area contributed by atoms with Crippen LogP contribution < -0.4 is 0 Å². The van der Waals surface area contributed by atoms with E-state index < -0.39 is 0 Å². The topological polar surface area (TPSA) is 48.0 Å². The van der Waals surface area contributed by atoms with Crippen molar-refractivity contribution in [2.45, 2.75) is 31.8 Å². The van der Waals surface area contributed by atoms with Gasteiger partial charge in [-0.2, -0.15) is 0 Å². The van der Waals surface area contributed by atoms with E-state index in [1.54, 1.807) is 14.2 Å². The maximum Gasteiger partial charge on any atom is 0.231 e. The predicted octanol–water partition coefficient (Wildman–Crippen LogP) is 1.07. The van der Waals surface area contributed by atoms with Crippen LogP contribution in [0.3, 0.4) is 0 Å². The molecular weight excluding hydrogens is 246 g/mol. The number of ether oxygens (including phenoxy) is 3. The molecule has 0 aromatic carbocycles. The second-order valence-corrected chi connectivity index (χ2v) is 5.59. The third-order valence-corrected chi connectivity index (χ3v) is 4.25. The molecule has 2 rings (SSSR count). The number of nitrogens with zero attached hydrogens (tertiary/aromatic N) is 1.